The fraction of sp³-hybridized carbons (Fsp3) is 0.0769. The maximum atomic E-state index is 12.7. The Labute approximate surface area is 109 Å². The molecule has 1 aromatic carbocycles. The van der Waals surface area contributed by atoms with Crippen LogP contribution in [0.25, 0.3) is 0 Å². The molecule has 2 aromatic rings. The van der Waals surface area contributed by atoms with E-state index in [1.165, 1.54) is 12.1 Å². The van der Waals surface area contributed by atoms with Crippen LogP contribution in [0.2, 0.25) is 0 Å². The summed E-state index contributed by atoms with van der Waals surface area (Å²) in [7, 11) is 0. The first-order valence-electron chi connectivity index (χ1n) is 5.27. The molecule has 0 spiro atoms. The molecule has 3 nitrogen and oxygen atoms in total. The van der Waals surface area contributed by atoms with E-state index in [1.54, 1.807) is 12.1 Å². The van der Waals surface area contributed by atoms with Gasteiger partial charge in [-0.1, -0.05) is 12.1 Å². The SMILES string of the molecule is O=C(Nc1ccc(CCl)cc1)c1ccc(F)cn1. The number of aromatic nitrogens is 1. The van der Waals surface area contributed by atoms with Crippen molar-refractivity contribution in [3.8, 4) is 0 Å². The molecule has 0 saturated carbocycles. The number of hydrogen-bond acceptors (Lipinski definition) is 2. The number of hydrogen-bond donors (Lipinski definition) is 1. The molecule has 5 heteroatoms. The molecule has 1 heterocycles. The van der Waals surface area contributed by atoms with Gasteiger partial charge in [-0.25, -0.2) is 9.37 Å². The van der Waals surface area contributed by atoms with Gasteiger partial charge in [0.2, 0.25) is 0 Å². The summed E-state index contributed by atoms with van der Waals surface area (Å²) in [5.41, 5.74) is 1.77. The Balaban J connectivity index is 2.08. The average Bonchev–Trinajstić information content (AvgIpc) is 2.40. The monoisotopic (exact) mass is 264 g/mol. The zero-order chi connectivity index (χ0) is 13.0. The van der Waals surface area contributed by atoms with E-state index in [0.29, 0.717) is 11.6 Å². The highest BCUT2D eigenvalue weighted by Gasteiger charge is 2.07. The molecule has 0 bridgehead atoms. The first kappa shape index (κ1) is 12.5. The Kier molecular flexibility index (Phi) is 3.89. The van der Waals surface area contributed by atoms with Crippen molar-refractivity contribution in [2.24, 2.45) is 0 Å². The summed E-state index contributed by atoms with van der Waals surface area (Å²) in [6.45, 7) is 0. The van der Waals surface area contributed by atoms with Crippen LogP contribution in [0.3, 0.4) is 0 Å². The summed E-state index contributed by atoms with van der Waals surface area (Å²) >= 11 is 5.66. The van der Waals surface area contributed by atoms with Gasteiger partial charge in [0.25, 0.3) is 5.91 Å². The van der Waals surface area contributed by atoms with Gasteiger partial charge in [0.1, 0.15) is 11.5 Å². The van der Waals surface area contributed by atoms with Crippen LogP contribution in [0, 0.1) is 5.82 Å². The van der Waals surface area contributed by atoms with Crippen molar-refractivity contribution in [1.29, 1.82) is 0 Å². The highest BCUT2D eigenvalue weighted by Crippen LogP contribution is 2.12. The van der Waals surface area contributed by atoms with Gasteiger partial charge < -0.3 is 5.32 Å². The molecule has 0 saturated heterocycles. The number of carbonyl (C=O) groups is 1. The quantitative estimate of drug-likeness (QED) is 0.865. The van der Waals surface area contributed by atoms with Crippen molar-refractivity contribution in [1.82, 2.24) is 4.98 Å². The van der Waals surface area contributed by atoms with Gasteiger partial charge in [-0.15, -0.1) is 11.6 Å². The van der Waals surface area contributed by atoms with E-state index >= 15 is 0 Å². The smallest absolute Gasteiger partial charge is 0.274 e. The zero-order valence-electron chi connectivity index (χ0n) is 9.36. The second-order valence-corrected chi connectivity index (χ2v) is 3.91. The van der Waals surface area contributed by atoms with Gasteiger partial charge in [-0.05, 0) is 29.8 Å². The molecule has 0 aliphatic rings. The number of alkyl halides is 1. The average molecular weight is 265 g/mol. The second kappa shape index (κ2) is 5.60. The normalized spacial score (nSPS) is 10.1. The van der Waals surface area contributed by atoms with Crippen LogP contribution in [0.5, 0.6) is 0 Å². The van der Waals surface area contributed by atoms with Crippen LogP contribution in [0.15, 0.2) is 42.6 Å². The summed E-state index contributed by atoms with van der Waals surface area (Å²) < 4.78 is 12.7. The molecule has 18 heavy (non-hydrogen) atoms. The lowest BCUT2D eigenvalue weighted by Gasteiger charge is -2.05. The number of nitrogens with zero attached hydrogens (tertiary/aromatic N) is 1. The van der Waals surface area contributed by atoms with Crippen LogP contribution in [-0.4, -0.2) is 10.9 Å². The Morgan fingerprint density at radius 2 is 1.94 bits per heavy atom. The number of halogens is 2. The molecule has 0 atom stereocenters. The van der Waals surface area contributed by atoms with Crippen molar-refractivity contribution < 1.29 is 9.18 Å². The molecule has 1 N–H and O–H groups in total. The van der Waals surface area contributed by atoms with Crippen LogP contribution in [0.4, 0.5) is 10.1 Å². The molecule has 92 valence electrons. The zero-order valence-corrected chi connectivity index (χ0v) is 10.1. The number of anilines is 1. The number of benzene rings is 1. The number of pyridine rings is 1. The van der Waals surface area contributed by atoms with E-state index in [9.17, 15) is 9.18 Å². The topological polar surface area (TPSA) is 42.0 Å². The Hall–Kier alpha value is -1.94. The van der Waals surface area contributed by atoms with Crippen LogP contribution in [-0.2, 0) is 5.88 Å². The van der Waals surface area contributed by atoms with Crippen molar-refractivity contribution in [2.75, 3.05) is 5.32 Å². The standard InChI is InChI=1S/C13H10ClFN2O/c14-7-9-1-4-11(5-2-9)17-13(18)12-6-3-10(15)8-16-12/h1-6,8H,7H2,(H,17,18). The fourth-order valence-corrected chi connectivity index (χ4v) is 1.56. The van der Waals surface area contributed by atoms with Gasteiger partial charge in [0.05, 0.1) is 6.20 Å². The molecular formula is C13H10ClFN2O. The van der Waals surface area contributed by atoms with E-state index < -0.39 is 5.82 Å². The highest BCUT2D eigenvalue weighted by atomic mass is 35.5. The molecule has 0 radical (unpaired) electrons. The van der Waals surface area contributed by atoms with Gasteiger partial charge in [0.15, 0.2) is 0 Å². The summed E-state index contributed by atoms with van der Waals surface area (Å²) in [5, 5.41) is 2.66. The number of amides is 1. The van der Waals surface area contributed by atoms with E-state index in [0.717, 1.165) is 11.8 Å². The first-order valence-corrected chi connectivity index (χ1v) is 5.80. The van der Waals surface area contributed by atoms with Crippen molar-refractivity contribution in [3.05, 3.63) is 59.7 Å². The summed E-state index contributed by atoms with van der Waals surface area (Å²) in [5.74, 6) is -0.431. The maximum Gasteiger partial charge on any atom is 0.274 e. The highest BCUT2D eigenvalue weighted by molar-refractivity contribution is 6.17. The van der Waals surface area contributed by atoms with Crippen molar-refractivity contribution in [3.63, 3.8) is 0 Å². The number of carbonyl (C=O) groups excluding carboxylic acids is 1. The number of nitrogens with one attached hydrogen (secondary N) is 1. The maximum absolute atomic E-state index is 12.7. The fourth-order valence-electron chi connectivity index (χ4n) is 1.38. The minimum absolute atomic E-state index is 0.165. The van der Waals surface area contributed by atoms with Gasteiger partial charge >= 0.3 is 0 Å². The van der Waals surface area contributed by atoms with Crippen LogP contribution >= 0.6 is 11.6 Å². The Morgan fingerprint density at radius 1 is 1.22 bits per heavy atom. The molecule has 0 aliphatic carbocycles. The van der Waals surface area contributed by atoms with Gasteiger partial charge in [-0.2, -0.15) is 0 Å². The Morgan fingerprint density at radius 3 is 2.50 bits per heavy atom. The van der Waals surface area contributed by atoms with E-state index in [-0.39, 0.29) is 11.6 Å². The lowest BCUT2D eigenvalue weighted by molar-refractivity contribution is 0.102. The second-order valence-electron chi connectivity index (χ2n) is 3.65. The predicted octanol–water partition coefficient (Wildman–Crippen LogP) is 3.21. The Bertz CT molecular complexity index is 540. The molecule has 0 unspecified atom stereocenters. The van der Waals surface area contributed by atoms with Crippen LogP contribution in [0.1, 0.15) is 16.1 Å². The van der Waals surface area contributed by atoms with Crippen molar-refractivity contribution in [2.45, 2.75) is 5.88 Å². The lowest BCUT2D eigenvalue weighted by atomic mass is 10.2. The molecular weight excluding hydrogens is 255 g/mol. The van der Waals surface area contributed by atoms with E-state index in [4.69, 9.17) is 11.6 Å². The third kappa shape index (κ3) is 3.05. The third-order valence-electron chi connectivity index (χ3n) is 2.33. The van der Waals surface area contributed by atoms with Crippen molar-refractivity contribution >= 4 is 23.2 Å². The minimum atomic E-state index is -0.474. The van der Waals surface area contributed by atoms with E-state index in [2.05, 4.69) is 10.3 Å². The predicted molar refractivity (Wildman–Crippen MR) is 68.1 cm³/mol. The molecule has 0 aliphatic heterocycles. The van der Waals surface area contributed by atoms with E-state index in [1.807, 2.05) is 12.1 Å². The van der Waals surface area contributed by atoms with Gasteiger partial charge in [0, 0.05) is 11.6 Å². The minimum Gasteiger partial charge on any atom is -0.321 e. The summed E-state index contributed by atoms with van der Waals surface area (Å²) in [6.07, 6.45) is 1.01. The van der Waals surface area contributed by atoms with Crippen LogP contribution < -0.4 is 5.32 Å². The molecule has 0 fully saturated rings. The molecule has 1 aromatic heterocycles. The third-order valence-corrected chi connectivity index (χ3v) is 2.63. The molecule has 1 amide bonds. The number of rotatable bonds is 3. The summed E-state index contributed by atoms with van der Waals surface area (Å²) in [4.78, 5) is 15.5. The molecule has 2 rings (SSSR count). The lowest BCUT2D eigenvalue weighted by Crippen LogP contribution is -2.13. The summed E-state index contributed by atoms with van der Waals surface area (Å²) in [6, 6.07) is 9.66. The largest absolute Gasteiger partial charge is 0.321 e. The first-order chi connectivity index (χ1) is 8.69. The van der Waals surface area contributed by atoms with Gasteiger partial charge in [-0.3, -0.25) is 4.79 Å².